The lowest BCUT2D eigenvalue weighted by atomic mass is 10.1. The molecule has 0 radical (unpaired) electrons. The molecule has 2 aromatic rings. The fraction of sp³-hybridized carbons (Fsp3) is 0.118. The number of fused-ring (bicyclic) bond motifs is 1. The number of rotatable bonds is 2. The average molecular weight is 344 g/mol. The van der Waals surface area contributed by atoms with E-state index in [1.165, 1.54) is 30.3 Å². The number of hydrogen-bond donors (Lipinski definition) is 0. The first-order valence-corrected chi connectivity index (χ1v) is 8.48. The molecule has 24 heavy (non-hydrogen) atoms. The van der Waals surface area contributed by atoms with E-state index in [1.54, 1.807) is 18.2 Å². The zero-order chi connectivity index (χ0) is 17.5. The van der Waals surface area contributed by atoms with Gasteiger partial charge in [-0.1, -0.05) is 12.1 Å². The molecule has 1 aliphatic heterocycles. The first kappa shape index (κ1) is 16.0. The Hall–Kier alpha value is -2.85. The first-order chi connectivity index (χ1) is 11.4. The molecule has 0 spiro atoms. The molecule has 0 atom stereocenters. The van der Waals surface area contributed by atoms with Gasteiger partial charge in [0.05, 0.1) is 18.5 Å². The highest BCUT2D eigenvalue weighted by Crippen LogP contribution is 2.43. The van der Waals surface area contributed by atoms with Crippen LogP contribution < -0.4 is 9.64 Å². The Balaban J connectivity index is 2.37. The Morgan fingerprint density at radius 1 is 1.21 bits per heavy atom. The summed E-state index contributed by atoms with van der Waals surface area (Å²) in [5.41, 5.74) is 1.56. The molecule has 0 saturated heterocycles. The number of sulfone groups is 1. The molecule has 0 aromatic heterocycles. The maximum absolute atomic E-state index is 14.3. The van der Waals surface area contributed by atoms with E-state index in [1.807, 2.05) is 13.0 Å². The highest BCUT2D eigenvalue weighted by Gasteiger charge is 2.35. The fourth-order valence-electron chi connectivity index (χ4n) is 2.60. The van der Waals surface area contributed by atoms with E-state index in [9.17, 15) is 18.1 Å². The zero-order valence-electron chi connectivity index (χ0n) is 12.9. The largest absolute Gasteiger partial charge is 0.495 e. The molecule has 7 heteroatoms. The molecule has 5 nitrogen and oxygen atoms in total. The molecule has 0 unspecified atom stereocenters. The Kier molecular flexibility index (Phi) is 3.78. The Bertz CT molecular complexity index is 1010. The van der Waals surface area contributed by atoms with Crippen LogP contribution in [-0.2, 0) is 9.84 Å². The first-order valence-electron chi connectivity index (χ1n) is 6.99. The molecule has 0 aliphatic carbocycles. The third-order valence-corrected chi connectivity index (χ3v) is 5.43. The van der Waals surface area contributed by atoms with E-state index >= 15 is 0 Å². The van der Waals surface area contributed by atoms with Gasteiger partial charge in [0, 0.05) is 6.20 Å². The van der Waals surface area contributed by atoms with E-state index in [-0.39, 0.29) is 5.69 Å². The van der Waals surface area contributed by atoms with Gasteiger partial charge in [-0.2, -0.15) is 5.26 Å². The minimum Gasteiger partial charge on any atom is -0.495 e. The summed E-state index contributed by atoms with van der Waals surface area (Å²) in [5.74, 6) is -0.423. The van der Waals surface area contributed by atoms with E-state index in [0.29, 0.717) is 11.4 Å². The summed E-state index contributed by atoms with van der Waals surface area (Å²) in [6.07, 6.45) is 1.19. The summed E-state index contributed by atoms with van der Waals surface area (Å²) in [6, 6.07) is 10.9. The van der Waals surface area contributed by atoms with Crippen molar-refractivity contribution in [2.24, 2.45) is 0 Å². The van der Waals surface area contributed by atoms with Gasteiger partial charge in [-0.25, -0.2) is 12.8 Å². The van der Waals surface area contributed by atoms with E-state index in [0.717, 1.165) is 11.6 Å². The van der Waals surface area contributed by atoms with Crippen LogP contribution in [0.5, 0.6) is 5.75 Å². The molecule has 0 fully saturated rings. The summed E-state index contributed by atoms with van der Waals surface area (Å²) in [6.45, 7) is 1.87. The average Bonchev–Trinajstić information content (AvgIpc) is 2.54. The second kappa shape index (κ2) is 5.65. The van der Waals surface area contributed by atoms with Crippen LogP contribution in [0.4, 0.5) is 15.8 Å². The summed E-state index contributed by atoms with van der Waals surface area (Å²) >= 11 is 0. The quantitative estimate of drug-likeness (QED) is 0.835. The van der Waals surface area contributed by atoms with Crippen LogP contribution in [0.25, 0.3) is 0 Å². The van der Waals surface area contributed by atoms with Gasteiger partial charge in [0.2, 0.25) is 9.84 Å². The lowest BCUT2D eigenvalue weighted by Gasteiger charge is -2.29. The Labute approximate surface area is 139 Å². The standard InChI is InChI=1S/C17H13FN2O3S/c1-11-6-7-16(23-2)15(8-11)20-10-12(9-19)24(21,22)17-13(18)4-3-5-14(17)20/h3-8,10H,1-2H3. The molecular weight excluding hydrogens is 331 g/mol. The van der Waals surface area contributed by atoms with Gasteiger partial charge >= 0.3 is 0 Å². The summed E-state index contributed by atoms with van der Waals surface area (Å²) < 4.78 is 44.5. The number of anilines is 2. The fourth-order valence-corrected chi connectivity index (χ4v) is 3.95. The van der Waals surface area contributed by atoms with Crippen molar-refractivity contribution in [3.8, 4) is 11.8 Å². The van der Waals surface area contributed by atoms with Gasteiger partial charge in [-0.05, 0) is 36.8 Å². The second-order valence-corrected chi connectivity index (χ2v) is 7.10. The topological polar surface area (TPSA) is 70.4 Å². The SMILES string of the molecule is COc1ccc(C)cc1N1C=C(C#N)S(=O)(=O)c2c(F)cccc21. The van der Waals surface area contributed by atoms with Gasteiger partial charge in [-0.3, -0.25) is 0 Å². The van der Waals surface area contributed by atoms with Crippen molar-refractivity contribution >= 4 is 21.2 Å². The number of allylic oxidation sites excluding steroid dienone is 1. The van der Waals surface area contributed by atoms with Crippen LogP contribution in [-0.4, -0.2) is 15.5 Å². The van der Waals surface area contributed by atoms with Crippen molar-refractivity contribution in [2.45, 2.75) is 11.8 Å². The molecular formula is C17H13FN2O3S. The van der Waals surface area contributed by atoms with Crippen LogP contribution in [0.1, 0.15) is 5.56 Å². The Morgan fingerprint density at radius 2 is 1.96 bits per heavy atom. The zero-order valence-corrected chi connectivity index (χ0v) is 13.8. The predicted octanol–water partition coefficient (Wildman–Crippen LogP) is 3.43. The van der Waals surface area contributed by atoms with Gasteiger partial charge in [0.25, 0.3) is 0 Å². The summed E-state index contributed by atoms with van der Waals surface area (Å²) in [4.78, 5) is 0.431. The number of hydrogen-bond acceptors (Lipinski definition) is 5. The molecule has 0 saturated carbocycles. The van der Waals surface area contributed by atoms with Gasteiger partial charge < -0.3 is 9.64 Å². The van der Waals surface area contributed by atoms with Gasteiger partial charge in [0.1, 0.15) is 22.5 Å². The van der Waals surface area contributed by atoms with E-state index in [2.05, 4.69) is 0 Å². The summed E-state index contributed by atoms with van der Waals surface area (Å²) in [7, 11) is -2.71. The molecule has 2 aromatic carbocycles. The third-order valence-electron chi connectivity index (χ3n) is 3.71. The number of aryl methyl sites for hydroxylation is 1. The predicted molar refractivity (Wildman–Crippen MR) is 87.2 cm³/mol. The van der Waals surface area contributed by atoms with Crippen LogP contribution >= 0.6 is 0 Å². The monoisotopic (exact) mass is 344 g/mol. The van der Waals surface area contributed by atoms with Crippen molar-refractivity contribution in [3.63, 3.8) is 0 Å². The minimum atomic E-state index is -4.19. The number of nitriles is 1. The highest BCUT2D eigenvalue weighted by atomic mass is 32.2. The maximum Gasteiger partial charge on any atom is 0.223 e. The minimum absolute atomic E-state index is 0.137. The number of nitrogens with zero attached hydrogens (tertiary/aromatic N) is 2. The smallest absolute Gasteiger partial charge is 0.223 e. The van der Waals surface area contributed by atoms with Crippen molar-refractivity contribution < 1.29 is 17.5 Å². The lowest BCUT2D eigenvalue weighted by molar-refractivity contribution is 0.415. The third kappa shape index (κ3) is 2.32. The van der Waals surface area contributed by atoms with Crippen molar-refractivity contribution in [3.05, 3.63) is 58.9 Å². The number of ether oxygens (including phenoxy) is 1. The molecule has 0 bridgehead atoms. The van der Waals surface area contributed by atoms with Crippen LogP contribution in [0.15, 0.2) is 52.4 Å². The van der Waals surface area contributed by atoms with Crippen LogP contribution in [0, 0.1) is 24.1 Å². The lowest BCUT2D eigenvalue weighted by Crippen LogP contribution is -2.23. The highest BCUT2D eigenvalue weighted by molar-refractivity contribution is 7.95. The molecule has 1 aliphatic rings. The second-order valence-electron chi connectivity index (χ2n) is 5.24. The number of methoxy groups -OCH3 is 1. The van der Waals surface area contributed by atoms with Crippen LogP contribution in [0.2, 0.25) is 0 Å². The van der Waals surface area contributed by atoms with Crippen molar-refractivity contribution in [1.82, 2.24) is 0 Å². The maximum atomic E-state index is 14.3. The van der Waals surface area contributed by atoms with Crippen LogP contribution in [0.3, 0.4) is 0 Å². The molecule has 0 amide bonds. The molecule has 3 rings (SSSR count). The number of benzene rings is 2. The molecule has 1 heterocycles. The van der Waals surface area contributed by atoms with Crippen molar-refractivity contribution in [1.29, 1.82) is 5.26 Å². The van der Waals surface area contributed by atoms with Gasteiger partial charge in [0.15, 0.2) is 4.91 Å². The molecule has 0 N–H and O–H groups in total. The Morgan fingerprint density at radius 3 is 2.62 bits per heavy atom. The number of halogens is 1. The van der Waals surface area contributed by atoms with Gasteiger partial charge in [-0.15, -0.1) is 0 Å². The molecule has 122 valence electrons. The van der Waals surface area contributed by atoms with Crippen molar-refractivity contribution in [2.75, 3.05) is 12.0 Å². The van der Waals surface area contributed by atoms with E-state index < -0.39 is 25.5 Å². The summed E-state index contributed by atoms with van der Waals surface area (Å²) in [5, 5.41) is 9.21. The normalized spacial score (nSPS) is 15.2. The van der Waals surface area contributed by atoms with E-state index in [4.69, 9.17) is 4.74 Å².